The fourth-order valence-electron chi connectivity index (χ4n) is 0.886. The molecule has 13 heavy (non-hydrogen) atoms. The summed E-state index contributed by atoms with van der Waals surface area (Å²) < 4.78 is 17.7. The molecule has 0 amide bonds. The molecule has 0 aliphatic heterocycles. The van der Waals surface area contributed by atoms with Gasteiger partial charge in [0.15, 0.2) is 0 Å². The summed E-state index contributed by atoms with van der Waals surface area (Å²) in [7, 11) is 0. The van der Waals surface area contributed by atoms with Gasteiger partial charge in [-0.15, -0.1) is 0 Å². The van der Waals surface area contributed by atoms with Gasteiger partial charge >= 0.3 is 17.6 Å². The Balaban J connectivity index is 4.57. The van der Waals surface area contributed by atoms with Crippen molar-refractivity contribution in [1.82, 2.24) is 0 Å². The van der Waals surface area contributed by atoms with E-state index in [1.165, 1.54) is 6.92 Å². The predicted octanol–water partition coefficient (Wildman–Crippen LogP) is 1.14. The average molecular weight is 192 g/mol. The molecule has 1 unspecified atom stereocenters. The number of ether oxygens (including phenoxy) is 1. The number of esters is 1. The molecule has 5 heteroatoms. The molecule has 76 valence electrons. The molecule has 0 aromatic heterocycles. The third-order valence-corrected chi connectivity index (χ3v) is 1.53. The van der Waals surface area contributed by atoms with Gasteiger partial charge < -0.3 is 9.84 Å². The zero-order valence-corrected chi connectivity index (χ0v) is 7.67. The lowest BCUT2D eigenvalue weighted by molar-refractivity contribution is -0.171. The van der Waals surface area contributed by atoms with E-state index in [0.29, 0.717) is 0 Å². The zero-order chi connectivity index (χ0) is 10.5. The average Bonchev–Trinajstić information content (AvgIpc) is 2.04. The van der Waals surface area contributed by atoms with E-state index in [4.69, 9.17) is 5.11 Å². The van der Waals surface area contributed by atoms with Crippen LogP contribution in [0.2, 0.25) is 0 Å². The van der Waals surface area contributed by atoms with Gasteiger partial charge in [-0.2, -0.15) is 0 Å². The second kappa shape index (κ2) is 4.79. The fraction of sp³-hybridized carbons (Fsp3) is 0.750. The predicted molar refractivity (Wildman–Crippen MR) is 43.0 cm³/mol. The van der Waals surface area contributed by atoms with Gasteiger partial charge in [-0.3, -0.25) is 0 Å². The number of carbonyl (C=O) groups is 2. The minimum Gasteiger partial charge on any atom is -0.478 e. The van der Waals surface area contributed by atoms with Gasteiger partial charge in [-0.05, 0) is 6.92 Å². The van der Waals surface area contributed by atoms with Crippen LogP contribution in [0, 0.1) is 0 Å². The summed E-state index contributed by atoms with van der Waals surface area (Å²) in [5.74, 6) is -3.10. The Bertz CT molecular complexity index is 204. The van der Waals surface area contributed by atoms with Crippen LogP contribution < -0.4 is 0 Å². The number of alkyl halides is 1. The Morgan fingerprint density at radius 3 is 2.31 bits per heavy atom. The van der Waals surface area contributed by atoms with E-state index in [0.717, 1.165) is 0 Å². The number of hydrogen-bond acceptors (Lipinski definition) is 3. The molecule has 0 saturated heterocycles. The third kappa shape index (κ3) is 2.68. The third-order valence-electron chi connectivity index (χ3n) is 1.53. The van der Waals surface area contributed by atoms with E-state index in [-0.39, 0.29) is 19.4 Å². The van der Waals surface area contributed by atoms with Crippen molar-refractivity contribution >= 4 is 11.9 Å². The van der Waals surface area contributed by atoms with Crippen molar-refractivity contribution in [2.75, 3.05) is 6.61 Å². The molecular weight excluding hydrogens is 179 g/mol. The van der Waals surface area contributed by atoms with Crippen molar-refractivity contribution in [3.05, 3.63) is 0 Å². The first-order valence-electron chi connectivity index (χ1n) is 4.08. The number of hydrogen-bond donors (Lipinski definition) is 1. The van der Waals surface area contributed by atoms with E-state index in [9.17, 15) is 14.0 Å². The molecule has 1 atom stereocenters. The highest BCUT2D eigenvalue weighted by Gasteiger charge is 2.47. The lowest BCUT2D eigenvalue weighted by Gasteiger charge is -2.17. The van der Waals surface area contributed by atoms with Gasteiger partial charge in [0.25, 0.3) is 0 Å². The summed E-state index contributed by atoms with van der Waals surface area (Å²) in [6, 6.07) is 0. The van der Waals surface area contributed by atoms with Gasteiger partial charge in [0.2, 0.25) is 0 Å². The topological polar surface area (TPSA) is 63.6 Å². The maximum atomic E-state index is 13.4. The van der Waals surface area contributed by atoms with E-state index in [1.807, 2.05) is 0 Å². The molecule has 0 radical (unpaired) electrons. The van der Waals surface area contributed by atoms with E-state index in [2.05, 4.69) is 4.74 Å². The molecule has 0 aliphatic carbocycles. The number of carboxylic acids is 1. The smallest absolute Gasteiger partial charge is 0.355 e. The Kier molecular flexibility index (Phi) is 4.37. The molecule has 0 bridgehead atoms. The first-order valence-corrected chi connectivity index (χ1v) is 4.08. The quantitative estimate of drug-likeness (QED) is 0.524. The van der Waals surface area contributed by atoms with Crippen molar-refractivity contribution in [1.29, 1.82) is 0 Å². The minimum atomic E-state index is -2.88. The molecule has 0 saturated carbocycles. The summed E-state index contributed by atoms with van der Waals surface area (Å²) >= 11 is 0. The van der Waals surface area contributed by atoms with E-state index in [1.54, 1.807) is 6.92 Å². The van der Waals surface area contributed by atoms with Gasteiger partial charge in [0.05, 0.1) is 6.61 Å². The maximum Gasteiger partial charge on any atom is 0.355 e. The summed E-state index contributed by atoms with van der Waals surface area (Å²) in [5.41, 5.74) is -2.88. The Morgan fingerprint density at radius 2 is 2.00 bits per heavy atom. The summed E-state index contributed by atoms with van der Waals surface area (Å²) in [4.78, 5) is 21.4. The summed E-state index contributed by atoms with van der Waals surface area (Å²) in [6.07, 6.45) is -0.0945. The molecule has 0 aliphatic rings. The van der Waals surface area contributed by atoms with Gasteiger partial charge in [0.1, 0.15) is 0 Å². The molecule has 0 heterocycles. The molecule has 4 nitrogen and oxygen atoms in total. The van der Waals surface area contributed by atoms with Crippen LogP contribution in [0.4, 0.5) is 4.39 Å². The molecular formula is C8H13FO4. The van der Waals surface area contributed by atoms with Crippen molar-refractivity contribution in [2.45, 2.75) is 32.4 Å². The number of carboxylic acid groups (broad SMARTS) is 1. The van der Waals surface area contributed by atoms with Crippen LogP contribution >= 0.6 is 0 Å². The molecule has 0 aromatic rings. The molecule has 0 rings (SSSR count). The second-order valence-electron chi connectivity index (χ2n) is 2.58. The first kappa shape index (κ1) is 11.9. The Morgan fingerprint density at radius 1 is 1.46 bits per heavy atom. The number of rotatable bonds is 5. The number of carbonyl (C=O) groups excluding carboxylic acids is 1. The number of halogens is 1. The largest absolute Gasteiger partial charge is 0.478 e. The molecule has 0 aromatic carbocycles. The van der Waals surface area contributed by atoms with Crippen LogP contribution in [0.25, 0.3) is 0 Å². The maximum absolute atomic E-state index is 13.4. The van der Waals surface area contributed by atoms with Crippen LogP contribution in [0.1, 0.15) is 26.7 Å². The van der Waals surface area contributed by atoms with Gasteiger partial charge in [-0.25, -0.2) is 14.0 Å². The highest BCUT2D eigenvalue weighted by Crippen LogP contribution is 2.20. The normalized spacial score (nSPS) is 14.7. The molecule has 0 fully saturated rings. The fourth-order valence-corrected chi connectivity index (χ4v) is 0.886. The highest BCUT2D eigenvalue weighted by atomic mass is 19.1. The Hall–Kier alpha value is -1.13. The van der Waals surface area contributed by atoms with Crippen molar-refractivity contribution < 1.29 is 23.8 Å². The van der Waals surface area contributed by atoms with Crippen LogP contribution in [-0.4, -0.2) is 29.3 Å². The zero-order valence-electron chi connectivity index (χ0n) is 7.67. The highest BCUT2D eigenvalue weighted by molar-refractivity contribution is 6.02. The second-order valence-corrected chi connectivity index (χ2v) is 2.58. The van der Waals surface area contributed by atoms with Crippen molar-refractivity contribution in [3.63, 3.8) is 0 Å². The van der Waals surface area contributed by atoms with Crippen LogP contribution in [0.3, 0.4) is 0 Å². The lowest BCUT2D eigenvalue weighted by atomic mass is 10.0. The van der Waals surface area contributed by atoms with Gasteiger partial charge in [-0.1, -0.05) is 13.3 Å². The SMILES string of the molecule is CCCC(F)(C(=O)O)C(=O)OCC. The number of aliphatic carboxylic acids is 1. The standard InChI is InChI=1S/C8H13FO4/c1-3-5-8(9,6(10)11)7(12)13-4-2/h3-5H2,1-2H3,(H,10,11). The molecule has 0 spiro atoms. The minimum absolute atomic E-state index is 0.0263. The van der Waals surface area contributed by atoms with Crippen molar-refractivity contribution in [2.24, 2.45) is 0 Å². The first-order chi connectivity index (χ1) is 5.99. The Labute approximate surface area is 75.7 Å². The van der Waals surface area contributed by atoms with Crippen molar-refractivity contribution in [3.8, 4) is 0 Å². The van der Waals surface area contributed by atoms with E-state index < -0.39 is 17.6 Å². The van der Waals surface area contributed by atoms with Crippen LogP contribution in [-0.2, 0) is 14.3 Å². The monoisotopic (exact) mass is 192 g/mol. The summed E-state index contributed by atoms with van der Waals surface area (Å²) in [6.45, 7) is 3.06. The van der Waals surface area contributed by atoms with E-state index >= 15 is 0 Å². The molecule has 1 N–H and O–H groups in total. The summed E-state index contributed by atoms with van der Waals surface area (Å²) in [5, 5.41) is 8.48. The van der Waals surface area contributed by atoms with Gasteiger partial charge in [0, 0.05) is 6.42 Å². The lowest BCUT2D eigenvalue weighted by Crippen LogP contribution is -2.43. The van der Waals surface area contributed by atoms with Crippen LogP contribution in [0.5, 0.6) is 0 Å². The van der Waals surface area contributed by atoms with Crippen LogP contribution in [0.15, 0.2) is 0 Å².